The summed E-state index contributed by atoms with van der Waals surface area (Å²) in [7, 11) is 0. The van der Waals surface area contributed by atoms with Gasteiger partial charge >= 0.3 is 0 Å². The van der Waals surface area contributed by atoms with Gasteiger partial charge in [0.2, 0.25) is 11.8 Å². The van der Waals surface area contributed by atoms with E-state index in [2.05, 4.69) is 24.1 Å². The van der Waals surface area contributed by atoms with Gasteiger partial charge in [0.15, 0.2) is 5.13 Å². The van der Waals surface area contributed by atoms with Crippen molar-refractivity contribution in [3.8, 4) is 0 Å². The molecule has 150 valence electrons. The molecule has 1 N–H and O–H groups in total. The van der Waals surface area contributed by atoms with Crippen molar-refractivity contribution in [1.29, 1.82) is 0 Å². The first kappa shape index (κ1) is 20.1. The van der Waals surface area contributed by atoms with Crippen LogP contribution < -0.4 is 10.2 Å². The van der Waals surface area contributed by atoms with Crippen LogP contribution in [-0.4, -0.2) is 53.9 Å². The van der Waals surface area contributed by atoms with Gasteiger partial charge in [0.25, 0.3) is 0 Å². The Morgan fingerprint density at radius 2 is 1.89 bits per heavy atom. The smallest absolute Gasteiger partial charge is 0.223 e. The molecule has 1 aliphatic carbocycles. The molecular weight excluding hydrogens is 360 g/mol. The molecule has 0 bridgehead atoms. The van der Waals surface area contributed by atoms with Gasteiger partial charge in [0, 0.05) is 49.4 Å². The van der Waals surface area contributed by atoms with Crippen LogP contribution in [0.4, 0.5) is 5.13 Å². The Balaban J connectivity index is 1.59. The molecule has 3 rings (SSSR count). The zero-order chi connectivity index (χ0) is 19.4. The third-order valence-corrected chi connectivity index (χ3v) is 7.02. The fraction of sp³-hybridized carbons (Fsp3) is 0.750. The molecule has 1 fully saturated rings. The van der Waals surface area contributed by atoms with E-state index in [1.165, 1.54) is 10.6 Å². The Hall–Kier alpha value is -1.63. The SMILES string of the molecule is CCC(=O)N1CCN(c2nc3c(s2)C[C@H](C(=O)NC(CC)CC)CC3)CC1. The number of aryl methyl sites for hydroxylation is 1. The number of carbonyl (C=O) groups excluding carboxylic acids is 2. The number of rotatable bonds is 6. The molecule has 7 heteroatoms. The normalized spacial score (nSPS) is 19.9. The largest absolute Gasteiger partial charge is 0.353 e. The van der Waals surface area contributed by atoms with Crippen LogP contribution in [0.1, 0.15) is 57.0 Å². The van der Waals surface area contributed by atoms with Crippen molar-refractivity contribution >= 4 is 28.3 Å². The number of hydrogen-bond acceptors (Lipinski definition) is 5. The van der Waals surface area contributed by atoms with E-state index >= 15 is 0 Å². The molecule has 0 aromatic carbocycles. The number of anilines is 1. The topological polar surface area (TPSA) is 65.5 Å². The first-order chi connectivity index (χ1) is 13.0. The molecule has 0 spiro atoms. The average Bonchev–Trinajstić information content (AvgIpc) is 3.14. The summed E-state index contributed by atoms with van der Waals surface area (Å²) in [6, 6.07) is 0.290. The molecule has 2 amide bonds. The summed E-state index contributed by atoms with van der Waals surface area (Å²) in [6.07, 6.45) is 5.14. The minimum absolute atomic E-state index is 0.0745. The molecule has 2 heterocycles. The minimum atomic E-state index is 0.0745. The van der Waals surface area contributed by atoms with Crippen molar-refractivity contribution in [3.05, 3.63) is 10.6 Å². The first-order valence-corrected chi connectivity index (χ1v) is 11.2. The number of amides is 2. The standard InChI is InChI=1S/C20H32N4O2S/c1-4-15(5-2)21-19(26)14-7-8-16-17(13-14)27-20(22-16)24-11-9-23(10-12-24)18(25)6-3/h14-15H,4-13H2,1-3H3,(H,21,26)/t14-/m1/s1. The molecule has 1 aromatic rings. The van der Waals surface area contributed by atoms with E-state index in [1.54, 1.807) is 11.3 Å². The van der Waals surface area contributed by atoms with Crippen LogP contribution in [0.25, 0.3) is 0 Å². The Morgan fingerprint density at radius 1 is 1.19 bits per heavy atom. The Morgan fingerprint density at radius 3 is 2.52 bits per heavy atom. The number of carbonyl (C=O) groups is 2. The summed E-state index contributed by atoms with van der Waals surface area (Å²) >= 11 is 1.74. The summed E-state index contributed by atoms with van der Waals surface area (Å²) < 4.78 is 0. The summed E-state index contributed by atoms with van der Waals surface area (Å²) in [6.45, 7) is 9.40. The molecule has 6 nitrogen and oxygen atoms in total. The van der Waals surface area contributed by atoms with E-state index in [0.29, 0.717) is 6.42 Å². The molecule has 1 aliphatic heterocycles. The highest BCUT2D eigenvalue weighted by atomic mass is 32.1. The predicted octanol–water partition coefficient (Wildman–Crippen LogP) is 2.61. The average molecular weight is 393 g/mol. The number of aromatic nitrogens is 1. The maximum Gasteiger partial charge on any atom is 0.223 e. The van der Waals surface area contributed by atoms with Crippen LogP contribution in [0.5, 0.6) is 0 Å². The first-order valence-electron chi connectivity index (χ1n) is 10.4. The summed E-state index contributed by atoms with van der Waals surface area (Å²) in [5.41, 5.74) is 1.17. The van der Waals surface area contributed by atoms with Gasteiger partial charge in [-0.3, -0.25) is 9.59 Å². The van der Waals surface area contributed by atoms with Crippen LogP contribution in [0.3, 0.4) is 0 Å². The fourth-order valence-corrected chi connectivity index (χ4v) is 5.14. The minimum Gasteiger partial charge on any atom is -0.353 e. The van der Waals surface area contributed by atoms with Crippen LogP contribution in [0, 0.1) is 5.92 Å². The molecule has 1 atom stereocenters. The number of fused-ring (bicyclic) bond motifs is 1. The quantitative estimate of drug-likeness (QED) is 0.808. The highest BCUT2D eigenvalue weighted by molar-refractivity contribution is 7.15. The fourth-order valence-electron chi connectivity index (χ4n) is 3.90. The molecule has 1 aromatic heterocycles. The predicted molar refractivity (Wildman–Crippen MR) is 109 cm³/mol. The number of thiazole rings is 1. The van der Waals surface area contributed by atoms with E-state index in [0.717, 1.165) is 63.4 Å². The number of piperazine rings is 1. The van der Waals surface area contributed by atoms with Gasteiger partial charge < -0.3 is 15.1 Å². The van der Waals surface area contributed by atoms with Gasteiger partial charge in [-0.1, -0.05) is 20.8 Å². The van der Waals surface area contributed by atoms with E-state index in [1.807, 2.05) is 11.8 Å². The molecular formula is C20H32N4O2S. The van der Waals surface area contributed by atoms with E-state index < -0.39 is 0 Å². The lowest BCUT2D eigenvalue weighted by atomic mass is 9.90. The lowest BCUT2D eigenvalue weighted by molar-refractivity contribution is -0.131. The van der Waals surface area contributed by atoms with Crippen molar-refractivity contribution in [3.63, 3.8) is 0 Å². The highest BCUT2D eigenvalue weighted by Gasteiger charge is 2.30. The van der Waals surface area contributed by atoms with E-state index in [4.69, 9.17) is 4.98 Å². The van der Waals surface area contributed by atoms with Crippen molar-refractivity contribution in [2.75, 3.05) is 31.1 Å². The lowest BCUT2D eigenvalue weighted by Crippen LogP contribution is -2.48. The van der Waals surface area contributed by atoms with Gasteiger partial charge in [-0.15, -0.1) is 11.3 Å². The maximum atomic E-state index is 12.6. The van der Waals surface area contributed by atoms with Crippen LogP contribution >= 0.6 is 11.3 Å². The Bertz CT molecular complexity index is 663. The van der Waals surface area contributed by atoms with Gasteiger partial charge in [-0.05, 0) is 32.1 Å². The van der Waals surface area contributed by atoms with Gasteiger partial charge in [-0.25, -0.2) is 4.98 Å². The van der Waals surface area contributed by atoms with Gasteiger partial charge in [-0.2, -0.15) is 0 Å². The van der Waals surface area contributed by atoms with Crippen molar-refractivity contribution in [2.45, 2.75) is 65.3 Å². The number of hydrogen-bond donors (Lipinski definition) is 1. The Labute approximate surface area is 166 Å². The second-order valence-corrected chi connectivity index (χ2v) is 8.61. The summed E-state index contributed by atoms with van der Waals surface area (Å²) in [5.74, 6) is 0.515. The zero-order valence-corrected chi connectivity index (χ0v) is 17.6. The zero-order valence-electron chi connectivity index (χ0n) is 16.8. The van der Waals surface area contributed by atoms with Crippen LogP contribution in [0.2, 0.25) is 0 Å². The summed E-state index contributed by atoms with van der Waals surface area (Å²) in [5, 5.41) is 4.27. The molecule has 0 saturated carbocycles. The monoisotopic (exact) mass is 392 g/mol. The van der Waals surface area contributed by atoms with Crippen molar-refractivity contribution in [2.24, 2.45) is 5.92 Å². The Kier molecular flexibility index (Phi) is 6.73. The second-order valence-electron chi connectivity index (χ2n) is 7.55. The number of nitrogens with one attached hydrogen (secondary N) is 1. The van der Waals surface area contributed by atoms with Crippen LogP contribution in [-0.2, 0) is 22.4 Å². The lowest BCUT2D eigenvalue weighted by Gasteiger charge is -2.34. The molecule has 2 aliphatic rings. The highest BCUT2D eigenvalue weighted by Crippen LogP contribution is 2.34. The maximum absolute atomic E-state index is 12.6. The molecule has 0 unspecified atom stereocenters. The third kappa shape index (κ3) is 4.62. The van der Waals surface area contributed by atoms with E-state index in [-0.39, 0.29) is 23.8 Å². The molecule has 27 heavy (non-hydrogen) atoms. The van der Waals surface area contributed by atoms with Crippen molar-refractivity contribution < 1.29 is 9.59 Å². The van der Waals surface area contributed by atoms with Crippen LogP contribution in [0.15, 0.2) is 0 Å². The van der Waals surface area contributed by atoms with Crippen molar-refractivity contribution in [1.82, 2.24) is 15.2 Å². The number of nitrogens with zero attached hydrogens (tertiary/aromatic N) is 3. The second kappa shape index (κ2) is 9.04. The van der Waals surface area contributed by atoms with Gasteiger partial charge in [0.05, 0.1) is 5.69 Å². The van der Waals surface area contributed by atoms with E-state index in [9.17, 15) is 9.59 Å². The molecule has 1 saturated heterocycles. The third-order valence-electron chi connectivity index (χ3n) is 5.84. The van der Waals surface area contributed by atoms with Gasteiger partial charge in [0.1, 0.15) is 0 Å². The molecule has 0 radical (unpaired) electrons. The summed E-state index contributed by atoms with van der Waals surface area (Å²) in [4.78, 5) is 34.8.